The number of allylic oxidation sites excluding steroid dienone is 2. The average molecular weight is 487 g/mol. The lowest BCUT2D eigenvalue weighted by Gasteiger charge is -2.21. The Kier molecular flexibility index (Phi) is 8.99. The summed E-state index contributed by atoms with van der Waals surface area (Å²) in [6.07, 6.45) is 4.55. The Bertz CT molecular complexity index is 1260. The summed E-state index contributed by atoms with van der Waals surface area (Å²) in [5.41, 5.74) is 9.75. The summed E-state index contributed by atoms with van der Waals surface area (Å²) in [5.74, 6) is 0. The zero-order valence-corrected chi connectivity index (χ0v) is 22.6. The zero-order valence-electron chi connectivity index (χ0n) is 22.6. The first kappa shape index (κ1) is 26.0. The molecule has 2 nitrogen and oxygen atoms in total. The van der Waals surface area contributed by atoms with E-state index in [1.807, 2.05) is 0 Å². The molecule has 4 aromatic rings. The second-order valence-corrected chi connectivity index (χ2v) is 9.17. The van der Waals surface area contributed by atoms with Crippen LogP contribution >= 0.6 is 0 Å². The number of hydrogen-bond acceptors (Lipinski definition) is 2. The summed E-state index contributed by atoms with van der Waals surface area (Å²) in [7, 11) is 2.13. The van der Waals surface area contributed by atoms with Gasteiger partial charge in [0.25, 0.3) is 0 Å². The van der Waals surface area contributed by atoms with Crippen LogP contribution in [0.2, 0.25) is 0 Å². The van der Waals surface area contributed by atoms with Crippen molar-refractivity contribution in [1.82, 2.24) is 0 Å². The van der Waals surface area contributed by atoms with Crippen molar-refractivity contribution in [3.05, 3.63) is 144 Å². The van der Waals surface area contributed by atoms with Gasteiger partial charge < -0.3 is 9.80 Å². The predicted octanol–water partition coefficient (Wildman–Crippen LogP) is 8.55. The van der Waals surface area contributed by atoms with Gasteiger partial charge in [0.2, 0.25) is 0 Å². The molecule has 0 spiro atoms. The van der Waals surface area contributed by atoms with Crippen molar-refractivity contribution in [3.8, 4) is 0 Å². The molecule has 2 heteroatoms. The molecule has 0 amide bonds. The van der Waals surface area contributed by atoms with E-state index in [-0.39, 0.29) is 0 Å². The van der Waals surface area contributed by atoms with E-state index in [0.29, 0.717) is 0 Å². The van der Waals surface area contributed by atoms with Gasteiger partial charge in [-0.05, 0) is 78.4 Å². The minimum absolute atomic E-state index is 0.981. The molecule has 0 aromatic heterocycles. The summed E-state index contributed by atoms with van der Waals surface area (Å²) in [6.45, 7) is 9.58. The summed E-state index contributed by atoms with van der Waals surface area (Å²) >= 11 is 0. The highest BCUT2D eigenvalue weighted by molar-refractivity contribution is 5.86. The molecule has 0 saturated heterocycles. The molecule has 0 atom stereocenters. The van der Waals surface area contributed by atoms with Crippen LogP contribution in [-0.4, -0.2) is 26.7 Å². The van der Waals surface area contributed by atoms with Crippen molar-refractivity contribution in [3.63, 3.8) is 0 Å². The van der Waals surface area contributed by atoms with E-state index in [1.54, 1.807) is 0 Å². The maximum atomic E-state index is 2.38. The van der Waals surface area contributed by atoms with E-state index in [1.165, 1.54) is 44.8 Å². The van der Waals surface area contributed by atoms with Gasteiger partial charge in [-0.3, -0.25) is 0 Å². The van der Waals surface area contributed by atoms with Crippen molar-refractivity contribution in [2.75, 3.05) is 36.5 Å². The molecule has 188 valence electrons. The third kappa shape index (κ3) is 6.40. The highest BCUT2D eigenvalue weighted by Gasteiger charge is 2.09. The number of benzene rings is 4. The summed E-state index contributed by atoms with van der Waals surface area (Å²) in [4.78, 5) is 4.64. The second kappa shape index (κ2) is 12.8. The van der Waals surface area contributed by atoms with Crippen molar-refractivity contribution < 1.29 is 0 Å². The minimum atomic E-state index is 0.981. The molecule has 0 saturated carbocycles. The maximum absolute atomic E-state index is 2.38. The molecule has 0 fully saturated rings. The molecule has 0 heterocycles. The maximum Gasteiger partial charge on any atom is 0.0366 e. The van der Waals surface area contributed by atoms with E-state index >= 15 is 0 Å². The molecule has 0 aliphatic heterocycles. The average Bonchev–Trinajstić information content (AvgIpc) is 2.97. The number of anilines is 2. The van der Waals surface area contributed by atoms with Gasteiger partial charge in [0.1, 0.15) is 0 Å². The van der Waals surface area contributed by atoms with Gasteiger partial charge in [-0.2, -0.15) is 0 Å². The van der Waals surface area contributed by atoms with Gasteiger partial charge in [0.15, 0.2) is 0 Å². The largest absolute Gasteiger partial charge is 0.375 e. The first-order valence-corrected chi connectivity index (χ1v) is 13.3. The molecular formula is C35H38N2. The Morgan fingerprint density at radius 1 is 0.486 bits per heavy atom. The van der Waals surface area contributed by atoms with Crippen LogP contribution in [0.25, 0.3) is 11.1 Å². The van der Waals surface area contributed by atoms with E-state index in [9.17, 15) is 0 Å². The summed E-state index contributed by atoms with van der Waals surface area (Å²) < 4.78 is 0. The molecule has 0 aliphatic rings. The standard InChI is InChI=1S/C35H38N2/c1-5-36(4)32-22-18-30(19-23-32)35(31-20-24-33(25-21-31)37(6-2)7-3)27-26-34(28-14-10-8-11-15-28)29-16-12-9-13-17-29/h8-27H,5-7H2,1-4H3/b35-27-. The predicted molar refractivity (Wildman–Crippen MR) is 162 cm³/mol. The summed E-state index contributed by atoms with van der Waals surface area (Å²) in [6, 6.07) is 39.2. The topological polar surface area (TPSA) is 6.48 Å². The smallest absolute Gasteiger partial charge is 0.0366 e. The van der Waals surface area contributed by atoms with Gasteiger partial charge in [-0.1, -0.05) is 97.1 Å². The fraction of sp³-hybridized carbons (Fsp3) is 0.200. The Hall–Kier alpha value is -4.04. The SMILES string of the molecule is CCN(C)c1ccc(/C(=C/C=C(c2ccccc2)c2ccccc2)c2ccc(N(CC)CC)cc2)cc1. The van der Waals surface area contributed by atoms with E-state index < -0.39 is 0 Å². The third-order valence-corrected chi connectivity index (χ3v) is 6.99. The molecule has 0 N–H and O–H groups in total. The van der Waals surface area contributed by atoms with Crippen LogP contribution in [0, 0.1) is 0 Å². The highest BCUT2D eigenvalue weighted by Crippen LogP contribution is 2.30. The van der Waals surface area contributed by atoms with Crippen molar-refractivity contribution in [2.24, 2.45) is 0 Å². The van der Waals surface area contributed by atoms with Crippen molar-refractivity contribution in [2.45, 2.75) is 20.8 Å². The molecule has 0 aliphatic carbocycles. The first-order valence-electron chi connectivity index (χ1n) is 13.3. The Morgan fingerprint density at radius 2 is 0.865 bits per heavy atom. The summed E-state index contributed by atoms with van der Waals surface area (Å²) in [5, 5.41) is 0. The van der Waals surface area contributed by atoms with Crippen LogP contribution < -0.4 is 9.80 Å². The molecule has 4 rings (SSSR count). The molecule has 0 unspecified atom stereocenters. The number of rotatable bonds is 10. The lowest BCUT2D eigenvalue weighted by molar-refractivity contribution is 0.866. The Labute approximate surface area is 223 Å². The van der Waals surface area contributed by atoms with Crippen LogP contribution in [-0.2, 0) is 0 Å². The van der Waals surface area contributed by atoms with Crippen LogP contribution in [0.3, 0.4) is 0 Å². The van der Waals surface area contributed by atoms with Crippen molar-refractivity contribution in [1.29, 1.82) is 0 Å². The van der Waals surface area contributed by atoms with Gasteiger partial charge >= 0.3 is 0 Å². The van der Waals surface area contributed by atoms with Gasteiger partial charge in [-0.25, -0.2) is 0 Å². The lowest BCUT2D eigenvalue weighted by Crippen LogP contribution is -2.21. The van der Waals surface area contributed by atoms with Crippen LogP contribution in [0.4, 0.5) is 11.4 Å². The monoisotopic (exact) mass is 486 g/mol. The van der Waals surface area contributed by atoms with Crippen LogP contribution in [0.15, 0.2) is 121 Å². The molecule has 37 heavy (non-hydrogen) atoms. The van der Waals surface area contributed by atoms with Crippen LogP contribution in [0.1, 0.15) is 43.0 Å². The lowest BCUT2D eigenvalue weighted by atomic mass is 9.93. The van der Waals surface area contributed by atoms with Crippen LogP contribution in [0.5, 0.6) is 0 Å². The van der Waals surface area contributed by atoms with E-state index in [2.05, 4.69) is 159 Å². The fourth-order valence-corrected chi connectivity index (χ4v) is 4.64. The highest BCUT2D eigenvalue weighted by atomic mass is 15.1. The van der Waals surface area contributed by atoms with Gasteiger partial charge in [0.05, 0.1) is 0 Å². The second-order valence-electron chi connectivity index (χ2n) is 9.17. The fourth-order valence-electron chi connectivity index (χ4n) is 4.64. The van der Waals surface area contributed by atoms with E-state index in [4.69, 9.17) is 0 Å². The normalized spacial score (nSPS) is 11.2. The quantitative estimate of drug-likeness (QED) is 0.207. The molecule has 0 bridgehead atoms. The van der Waals surface area contributed by atoms with E-state index in [0.717, 1.165) is 19.6 Å². The zero-order chi connectivity index (χ0) is 26.0. The van der Waals surface area contributed by atoms with Gasteiger partial charge in [0, 0.05) is 38.1 Å². The Morgan fingerprint density at radius 3 is 1.24 bits per heavy atom. The Balaban J connectivity index is 1.83. The first-order chi connectivity index (χ1) is 18.1. The number of nitrogens with zero attached hydrogens (tertiary/aromatic N) is 2. The number of hydrogen-bond donors (Lipinski definition) is 0. The van der Waals surface area contributed by atoms with Gasteiger partial charge in [-0.15, -0.1) is 0 Å². The minimum Gasteiger partial charge on any atom is -0.375 e. The van der Waals surface area contributed by atoms with Crippen molar-refractivity contribution >= 4 is 22.5 Å². The third-order valence-electron chi connectivity index (χ3n) is 6.99. The molecular weight excluding hydrogens is 448 g/mol. The molecule has 4 aromatic carbocycles. The molecule has 0 radical (unpaired) electrons.